The third kappa shape index (κ3) is 3.24. The van der Waals surface area contributed by atoms with E-state index in [-0.39, 0.29) is 17.6 Å². The number of rotatable bonds is 4. The summed E-state index contributed by atoms with van der Waals surface area (Å²) in [5.41, 5.74) is 1.38. The lowest BCUT2D eigenvalue weighted by molar-refractivity contribution is 0.0996. The number of halogens is 1. The number of carbonyl (C=O) groups is 1. The Bertz CT molecular complexity index is 1000. The molecule has 4 rings (SSSR count). The summed E-state index contributed by atoms with van der Waals surface area (Å²) in [6.45, 7) is 0. The number of hydrogen-bond donors (Lipinski definition) is 1. The number of anilines is 1. The van der Waals surface area contributed by atoms with E-state index in [1.54, 1.807) is 48.5 Å². The first kappa shape index (κ1) is 15.4. The van der Waals surface area contributed by atoms with Gasteiger partial charge in [0.05, 0.1) is 6.26 Å². The summed E-state index contributed by atoms with van der Waals surface area (Å²) < 4.78 is 16.2. The predicted octanol–water partition coefficient (Wildman–Crippen LogP) is 4.60. The average Bonchev–Trinajstić information content (AvgIpc) is 3.37. The molecule has 124 valence electrons. The van der Waals surface area contributed by atoms with Crippen molar-refractivity contribution in [3.63, 3.8) is 0 Å². The fourth-order valence-electron chi connectivity index (χ4n) is 2.17. The average molecular weight is 400 g/mol. The number of carbonyl (C=O) groups excluding carboxylic acids is 1. The van der Waals surface area contributed by atoms with Crippen LogP contribution >= 0.6 is 15.9 Å². The van der Waals surface area contributed by atoms with Gasteiger partial charge in [-0.05, 0) is 64.5 Å². The summed E-state index contributed by atoms with van der Waals surface area (Å²) in [4.78, 5) is 16.2. The van der Waals surface area contributed by atoms with E-state index in [0.29, 0.717) is 21.9 Å². The Kier molecular flexibility index (Phi) is 3.95. The molecule has 0 spiro atoms. The molecule has 3 aromatic heterocycles. The maximum Gasteiger partial charge on any atom is 0.293 e. The van der Waals surface area contributed by atoms with E-state index >= 15 is 0 Å². The minimum atomic E-state index is -0.317. The van der Waals surface area contributed by atoms with Crippen LogP contribution in [0.5, 0.6) is 0 Å². The molecule has 0 aliphatic rings. The first-order valence-corrected chi connectivity index (χ1v) is 8.03. The molecule has 7 nitrogen and oxygen atoms in total. The number of aromatic nitrogens is 2. The van der Waals surface area contributed by atoms with Gasteiger partial charge in [-0.3, -0.25) is 4.79 Å². The molecule has 1 N–H and O–H groups in total. The van der Waals surface area contributed by atoms with Gasteiger partial charge in [-0.2, -0.15) is 4.98 Å². The first-order chi connectivity index (χ1) is 12.2. The maximum absolute atomic E-state index is 11.9. The second-order valence-electron chi connectivity index (χ2n) is 5.04. The van der Waals surface area contributed by atoms with E-state index in [1.165, 1.54) is 6.26 Å². The van der Waals surface area contributed by atoms with Crippen LogP contribution in [0.3, 0.4) is 0 Å². The number of amides is 1. The number of nitrogens with zero attached hydrogens (tertiary/aromatic N) is 2. The van der Waals surface area contributed by atoms with Gasteiger partial charge in [0.2, 0.25) is 5.82 Å². The Hall–Kier alpha value is -3.13. The topological polar surface area (TPSA) is 94.3 Å². The molecule has 8 heteroatoms. The van der Waals surface area contributed by atoms with Crippen molar-refractivity contribution in [3.8, 4) is 23.0 Å². The minimum Gasteiger partial charge on any atom is -0.459 e. The molecular formula is C17H10BrN3O4. The van der Waals surface area contributed by atoms with E-state index in [1.807, 2.05) is 0 Å². The Morgan fingerprint density at radius 2 is 1.92 bits per heavy atom. The molecule has 0 saturated carbocycles. The Labute approximate surface area is 149 Å². The van der Waals surface area contributed by atoms with Crippen LogP contribution in [0, 0.1) is 0 Å². The Balaban J connectivity index is 1.50. The highest BCUT2D eigenvalue weighted by atomic mass is 79.9. The van der Waals surface area contributed by atoms with Crippen molar-refractivity contribution < 1.29 is 18.2 Å². The lowest BCUT2D eigenvalue weighted by Crippen LogP contribution is -2.10. The summed E-state index contributed by atoms with van der Waals surface area (Å²) in [6, 6.07) is 13.8. The van der Waals surface area contributed by atoms with Crippen LogP contribution < -0.4 is 5.32 Å². The van der Waals surface area contributed by atoms with Crippen LogP contribution in [0.25, 0.3) is 23.0 Å². The highest BCUT2D eigenvalue weighted by Crippen LogP contribution is 2.26. The van der Waals surface area contributed by atoms with E-state index in [9.17, 15) is 4.79 Å². The molecule has 0 aliphatic carbocycles. The van der Waals surface area contributed by atoms with Crippen LogP contribution in [0.1, 0.15) is 10.6 Å². The SMILES string of the molecule is O=C(Nc1ccc(-c2noc(-c3ccc(Br)o3)n2)cc1)c1ccco1. The van der Waals surface area contributed by atoms with Crippen molar-refractivity contribution in [1.82, 2.24) is 10.1 Å². The molecule has 1 amide bonds. The van der Waals surface area contributed by atoms with Gasteiger partial charge in [0.1, 0.15) is 0 Å². The molecule has 0 fully saturated rings. The van der Waals surface area contributed by atoms with Gasteiger partial charge in [-0.15, -0.1) is 0 Å². The number of hydrogen-bond acceptors (Lipinski definition) is 6. The quantitative estimate of drug-likeness (QED) is 0.538. The molecule has 0 atom stereocenters. The highest BCUT2D eigenvalue weighted by Gasteiger charge is 2.14. The lowest BCUT2D eigenvalue weighted by Gasteiger charge is -2.03. The molecule has 0 unspecified atom stereocenters. The zero-order chi connectivity index (χ0) is 17.2. The summed E-state index contributed by atoms with van der Waals surface area (Å²) in [5, 5.41) is 6.68. The van der Waals surface area contributed by atoms with Crippen LogP contribution in [0.15, 0.2) is 72.8 Å². The van der Waals surface area contributed by atoms with Gasteiger partial charge in [0, 0.05) is 11.3 Å². The summed E-state index contributed by atoms with van der Waals surface area (Å²) in [7, 11) is 0. The van der Waals surface area contributed by atoms with Crippen LogP contribution in [0.4, 0.5) is 5.69 Å². The van der Waals surface area contributed by atoms with Crippen LogP contribution in [-0.2, 0) is 0 Å². The van der Waals surface area contributed by atoms with Gasteiger partial charge in [-0.25, -0.2) is 0 Å². The lowest BCUT2D eigenvalue weighted by atomic mass is 10.2. The van der Waals surface area contributed by atoms with Crippen molar-refractivity contribution >= 4 is 27.5 Å². The monoisotopic (exact) mass is 399 g/mol. The number of benzene rings is 1. The fourth-order valence-corrected chi connectivity index (χ4v) is 2.48. The van der Waals surface area contributed by atoms with Crippen molar-refractivity contribution in [2.45, 2.75) is 0 Å². The van der Waals surface area contributed by atoms with Gasteiger partial charge in [0.25, 0.3) is 11.8 Å². The van der Waals surface area contributed by atoms with Gasteiger partial charge >= 0.3 is 0 Å². The smallest absolute Gasteiger partial charge is 0.293 e. The molecule has 1 aromatic carbocycles. The fraction of sp³-hybridized carbons (Fsp3) is 0. The van der Waals surface area contributed by atoms with Crippen molar-refractivity contribution in [2.75, 3.05) is 5.32 Å². The van der Waals surface area contributed by atoms with Crippen molar-refractivity contribution in [1.29, 1.82) is 0 Å². The van der Waals surface area contributed by atoms with Gasteiger partial charge < -0.3 is 18.7 Å². The zero-order valence-electron chi connectivity index (χ0n) is 12.6. The van der Waals surface area contributed by atoms with Gasteiger partial charge in [0.15, 0.2) is 16.2 Å². The largest absolute Gasteiger partial charge is 0.459 e. The van der Waals surface area contributed by atoms with Crippen LogP contribution in [-0.4, -0.2) is 16.0 Å². The molecular weight excluding hydrogens is 390 g/mol. The van der Waals surface area contributed by atoms with E-state index < -0.39 is 0 Å². The second-order valence-corrected chi connectivity index (χ2v) is 5.82. The summed E-state index contributed by atoms with van der Waals surface area (Å²) in [6.07, 6.45) is 1.45. The van der Waals surface area contributed by atoms with E-state index in [4.69, 9.17) is 13.4 Å². The van der Waals surface area contributed by atoms with Crippen LogP contribution in [0.2, 0.25) is 0 Å². The summed E-state index contributed by atoms with van der Waals surface area (Å²) in [5.74, 6) is 1.12. The number of furan rings is 2. The second kappa shape index (κ2) is 6.40. The van der Waals surface area contributed by atoms with Crippen molar-refractivity contribution in [2.24, 2.45) is 0 Å². The zero-order valence-corrected chi connectivity index (χ0v) is 14.2. The van der Waals surface area contributed by atoms with Gasteiger partial charge in [-0.1, -0.05) is 5.16 Å². The molecule has 0 aliphatic heterocycles. The normalized spacial score (nSPS) is 10.8. The third-order valence-electron chi connectivity index (χ3n) is 3.36. The van der Waals surface area contributed by atoms with E-state index in [0.717, 1.165) is 5.56 Å². The Morgan fingerprint density at radius 3 is 2.60 bits per heavy atom. The summed E-state index contributed by atoms with van der Waals surface area (Å²) >= 11 is 3.23. The highest BCUT2D eigenvalue weighted by molar-refractivity contribution is 9.10. The first-order valence-electron chi connectivity index (χ1n) is 7.24. The number of nitrogens with one attached hydrogen (secondary N) is 1. The third-order valence-corrected chi connectivity index (χ3v) is 3.78. The predicted molar refractivity (Wildman–Crippen MR) is 91.8 cm³/mol. The molecule has 0 bridgehead atoms. The molecule has 0 saturated heterocycles. The molecule has 4 aromatic rings. The van der Waals surface area contributed by atoms with Crippen molar-refractivity contribution in [3.05, 3.63) is 65.2 Å². The maximum atomic E-state index is 11.9. The molecule has 0 radical (unpaired) electrons. The van der Waals surface area contributed by atoms with E-state index in [2.05, 4.69) is 31.4 Å². The minimum absolute atomic E-state index is 0.247. The molecule has 25 heavy (non-hydrogen) atoms. The molecule has 3 heterocycles. The Morgan fingerprint density at radius 1 is 1.08 bits per heavy atom. The standard InChI is InChI=1S/C17H10BrN3O4/c18-14-8-7-13(24-14)17-20-15(21-25-17)10-3-5-11(6-4-10)19-16(22)12-2-1-9-23-12/h1-9H,(H,19,22).